The summed E-state index contributed by atoms with van der Waals surface area (Å²) in [6.45, 7) is 7.75. The second-order valence-corrected chi connectivity index (χ2v) is 6.87. The van der Waals surface area contributed by atoms with Crippen molar-refractivity contribution in [2.75, 3.05) is 13.2 Å². The maximum Gasteiger partial charge on any atom is 0.410 e. The van der Waals surface area contributed by atoms with Gasteiger partial charge in [-0.15, -0.1) is 0 Å². The van der Waals surface area contributed by atoms with Crippen LogP contribution in [0.4, 0.5) is 4.79 Å². The number of amides is 1. The molecule has 128 valence electrons. The Kier molecular flexibility index (Phi) is 7.29. The van der Waals surface area contributed by atoms with E-state index in [2.05, 4.69) is 0 Å². The third-order valence-corrected chi connectivity index (χ3v) is 3.57. The number of likely N-dealkylation sites (tertiary alicyclic amines) is 1. The van der Waals surface area contributed by atoms with Crippen LogP contribution >= 0.6 is 0 Å². The summed E-state index contributed by atoms with van der Waals surface area (Å²) in [5, 5.41) is 9.47. The molecule has 3 atom stereocenters. The number of aliphatic hydroxyl groups excluding tert-OH is 1. The molecule has 1 saturated heterocycles. The number of rotatable bonds is 7. The number of hydrogen-bond acceptors (Lipinski definition) is 5. The minimum Gasteiger partial charge on any atom is -0.444 e. The minimum absolute atomic E-state index is 0.0304. The van der Waals surface area contributed by atoms with E-state index in [1.165, 1.54) is 0 Å². The Labute approximate surface area is 132 Å². The van der Waals surface area contributed by atoms with Gasteiger partial charge in [0, 0.05) is 6.42 Å². The molecule has 1 amide bonds. The van der Waals surface area contributed by atoms with E-state index in [0.29, 0.717) is 19.4 Å². The summed E-state index contributed by atoms with van der Waals surface area (Å²) >= 11 is 0. The van der Waals surface area contributed by atoms with Crippen LogP contribution < -0.4 is 0 Å². The molecular weight excluding hydrogens is 286 g/mol. The van der Waals surface area contributed by atoms with E-state index >= 15 is 0 Å². The molecule has 1 rings (SSSR count). The van der Waals surface area contributed by atoms with Gasteiger partial charge in [-0.2, -0.15) is 0 Å². The molecule has 0 radical (unpaired) electrons. The first-order valence-corrected chi connectivity index (χ1v) is 7.96. The summed E-state index contributed by atoms with van der Waals surface area (Å²) in [4.78, 5) is 24.0. The van der Waals surface area contributed by atoms with Gasteiger partial charge in [0.15, 0.2) is 0 Å². The summed E-state index contributed by atoms with van der Waals surface area (Å²) < 4.78 is 11.3. The first kappa shape index (κ1) is 18.9. The number of nitrogens with zero attached hydrogens (tertiary/aromatic N) is 1. The van der Waals surface area contributed by atoms with Gasteiger partial charge >= 0.3 is 6.09 Å². The molecular formula is C16H29NO5. The van der Waals surface area contributed by atoms with Crippen LogP contribution in [0.3, 0.4) is 0 Å². The van der Waals surface area contributed by atoms with Crippen LogP contribution in [0, 0.1) is 0 Å². The summed E-state index contributed by atoms with van der Waals surface area (Å²) in [5.74, 6) is 0. The molecule has 0 bridgehead atoms. The van der Waals surface area contributed by atoms with Crippen molar-refractivity contribution in [3.63, 3.8) is 0 Å². The zero-order valence-electron chi connectivity index (χ0n) is 14.1. The highest BCUT2D eigenvalue weighted by Crippen LogP contribution is 2.24. The van der Waals surface area contributed by atoms with Gasteiger partial charge in [-0.3, -0.25) is 0 Å². The Balaban J connectivity index is 2.50. The number of carbonyl (C=O) groups is 2. The molecule has 1 heterocycles. The molecule has 1 aliphatic heterocycles. The number of carbonyl (C=O) groups excluding carboxylic acids is 2. The molecule has 1 fully saturated rings. The standard InChI is InChI=1S/C16H29NO5/c1-12(7-5-6-8-18)21-14-9-13(11-19)17(10-14)15(20)22-16(2,3)4/h8,12-14,19H,5-7,9-11H2,1-4H3/t12?,13-,14?/m1/s1. The second-order valence-electron chi connectivity index (χ2n) is 6.87. The summed E-state index contributed by atoms with van der Waals surface area (Å²) in [6, 6.07) is -0.262. The van der Waals surface area contributed by atoms with E-state index in [0.717, 1.165) is 19.1 Å². The molecule has 1 aliphatic rings. The summed E-state index contributed by atoms with van der Waals surface area (Å²) in [6.07, 6.45) is 3.19. The van der Waals surface area contributed by atoms with E-state index in [9.17, 15) is 14.7 Å². The van der Waals surface area contributed by atoms with Crippen LogP contribution in [0.25, 0.3) is 0 Å². The molecule has 0 aliphatic carbocycles. The van der Waals surface area contributed by atoms with E-state index < -0.39 is 11.7 Å². The van der Waals surface area contributed by atoms with Gasteiger partial charge in [-0.05, 0) is 47.0 Å². The van der Waals surface area contributed by atoms with Gasteiger partial charge in [0.25, 0.3) is 0 Å². The fraction of sp³-hybridized carbons (Fsp3) is 0.875. The maximum absolute atomic E-state index is 12.2. The molecule has 2 unspecified atom stereocenters. The highest BCUT2D eigenvalue weighted by Gasteiger charge is 2.38. The minimum atomic E-state index is -0.557. The van der Waals surface area contributed by atoms with Crippen molar-refractivity contribution in [1.29, 1.82) is 0 Å². The quantitative estimate of drug-likeness (QED) is 0.575. The fourth-order valence-corrected chi connectivity index (χ4v) is 2.57. The summed E-state index contributed by atoms with van der Waals surface area (Å²) in [5.41, 5.74) is -0.557. The van der Waals surface area contributed by atoms with Gasteiger partial charge < -0.3 is 24.3 Å². The lowest BCUT2D eigenvalue weighted by Gasteiger charge is -2.27. The number of unbranched alkanes of at least 4 members (excludes halogenated alkanes) is 1. The smallest absolute Gasteiger partial charge is 0.410 e. The van der Waals surface area contributed by atoms with Crippen molar-refractivity contribution >= 4 is 12.4 Å². The van der Waals surface area contributed by atoms with Crippen LogP contribution in [0.2, 0.25) is 0 Å². The van der Waals surface area contributed by atoms with Crippen LogP contribution in [-0.2, 0) is 14.3 Å². The van der Waals surface area contributed by atoms with Crippen molar-refractivity contribution in [1.82, 2.24) is 4.90 Å². The van der Waals surface area contributed by atoms with Gasteiger partial charge in [0.05, 0.1) is 31.4 Å². The average Bonchev–Trinajstić information content (AvgIpc) is 2.80. The van der Waals surface area contributed by atoms with Crippen LogP contribution in [0.15, 0.2) is 0 Å². The Morgan fingerprint density at radius 2 is 2.14 bits per heavy atom. The predicted octanol–water partition coefficient (Wildman–Crippen LogP) is 2.13. The van der Waals surface area contributed by atoms with Crippen molar-refractivity contribution in [3.8, 4) is 0 Å². The molecule has 6 heteroatoms. The highest BCUT2D eigenvalue weighted by atomic mass is 16.6. The first-order valence-electron chi connectivity index (χ1n) is 7.96. The van der Waals surface area contributed by atoms with Gasteiger partial charge in [-0.25, -0.2) is 4.79 Å². The zero-order chi connectivity index (χ0) is 16.8. The molecule has 22 heavy (non-hydrogen) atoms. The van der Waals surface area contributed by atoms with Gasteiger partial charge in [-0.1, -0.05) is 0 Å². The van der Waals surface area contributed by atoms with Crippen LogP contribution in [0.5, 0.6) is 0 Å². The third-order valence-electron chi connectivity index (χ3n) is 3.57. The molecule has 0 saturated carbocycles. The Morgan fingerprint density at radius 3 is 2.68 bits per heavy atom. The lowest BCUT2D eigenvalue weighted by atomic mass is 10.1. The Hall–Kier alpha value is -1.14. The number of ether oxygens (including phenoxy) is 2. The number of aliphatic hydroxyl groups is 1. The average molecular weight is 315 g/mol. The van der Waals surface area contributed by atoms with E-state index in [1.54, 1.807) is 4.90 Å². The maximum atomic E-state index is 12.2. The zero-order valence-corrected chi connectivity index (χ0v) is 14.1. The fourth-order valence-electron chi connectivity index (χ4n) is 2.57. The lowest BCUT2D eigenvalue weighted by molar-refractivity contribution is -0.108. The first-order chi connectivity index (χ1) is 10.3. The van der Waals surface area contributed by atoms with E-state index in [4.69, 9.17) is 9.47 Å². The molecule has 0 spiro atoms. The topological polar surface area (TPSA) is 76.1 Å². The Bertz CT molecular complexity index is 366. The highest BCUT2D eigenvalue weighted by molar-refractivity contribution is 5.69. The van der Waals surface area contributed by atoms with Crippen molar-refractivity contribution in [2.45, 2.75) is 77.2 Å². The second kappa shape index (κ2) is 8.48. The van der Waals surface area contributed by atoms with Crippen molar-refractivity contribution in [3.05, 3.63) is 0 Å². The molecule has 0 aromatic rings. The third kappa shape index (κ3) is 6.32. The SMILES string of the molecule is CC(CCCC=O)OC1C[C@H](CO)N(C(=O)OC(C)(C)C)C1. The molecule has 0 aromatic heterocycles. The number of aldehydes is 1. The predicted molar refractivity (Wildman–Crippen MR) is 82.7 cm³/mol. The molecule has 1 N–H and O–H groups in total. The van der Waals surface area contributed by atoms with Crippen molar-refractivity contribution < 1.29 is 24.2 Å². The Morgan fingerprint density at radius 1 is 1.45 bits per heavy atom. The monoisotopic (exact) mass is 315 g/mol. The lowest BCUT2D eigenvalue weighted by Crippen LogP contribution is -2.41. The normalized spacial score (nSPS) is 23.4. The van der Waals surface area contributed by atoms with Crippen LogP contribution in [-0.4, -0.2) is 59.4 Å². The summed E-state index contributed by atoms with van der Waals surface area (Å²) in [7, 11) is 0. The number of hydrogen-bond donors (Lipinski definition) is 1. The largest absolute Gasteiger partial charge is 0.444 e. The van der Waals surface area contributed by atoms with E-state index in [-0.39, 0.29) is 24.9 Å². The van der Waals surface area contributed by atoms with Gasteiger partial charge in [0.2, 0.25) is 0 Å². The van der Waals surface area contributed by atoms with E-state index in [1.807, 2.05) is 27.7 Å². The van der Waals surface area contributed by atoms with Crippen LogP contribution in [0.1, 0.15) is 53.4 Å². The van der Waals surface area contributed by atoms with Crippen molar-refractivity contribution in [2.24, 2.45) is 0 Å². The van der Waals surface area contributed by atoms with Gasteiger partial charge in [0.1, 0.15) is 11.9 Å². The molecule has 0 aromatic carbocycles. The molecule has 6 nitrogen and oxygen atoms in total.